The number of carbonyl (C=O) groups excluding carboxylic acids is 1. The molecular formula is C21H25N3OS. The van der Waals surface area contributed by atoms with E-state index in [4.69, 9.17) is 4.99 Å². The molecule has 3 rings (SSSR count). The molecule has 1 aliphatic rings. The van der Waals surface area contributed by atoms with Crippen LogP contribution in [0, 0.1) is 13.8 Å². The van der Waals surface area contributed by atoms with Gasteiger partial charge in [0.1, 0.15) is 0 Å². The summed E-state index contributed by atoms with van der Waals surface area (Å²) in [6, 6.07) is 16.0. The number of hydrogen-bond acceptors (Lipinski definition) is 3. The number of anilines is 1. The van der Waals surface area contributed by atoms with Crippen molar-refractivity contribution in [3.8, 4) is 0 Å². The number of aliphatic imine (C=N–C) groups is 1. The molecule has 1 heterocycles. The Bertz CT molecular complexity index is 763. The molecule has 0 radical (unpaired) electrons. The molecule has 2 aromatic rings. The van der Waals surface area contributed by atoms with Crippen LogP contribution in [-0.4, -0.2) is 34.8 Å². The van der Waals surface area contributed by atoms with Crippen molar-refractivity contribution in [1.82, 2.24) is 4.90 Å². The Morgan fingerprint density at radius 1 is 1.08 bits per heavy atom. The Morgan fingerprint density at radius 2 is 1.73 bits per heavy atom. The normalized spacial score (nSPS) is 14.5. The number of para-hydroxylation sites is 1. The topological polar surface area (TPSA) is 44.7 Å². The SMILES string of the molecule is Cc1cc(C)cc(NC(=O)CSC(=Nc2ccccc2)N2CCCC2)c1. The molecule has 4 nitrogen and oxygen atoms in total. The Labute approximate surface area is 159 Å². The van der Waals surface area contributed by atoms with Crippen LogP contribution in [0.4, 0.5) is 11.4 Å². The van der Waals surface area contributed by atoms with Crippen LogP contribution < -0.4 is 5.32 Å². The summed E-state index contributed by atoms with van der Waals surface area (Å²) in [5, 5.41) is 3.93. The molecule has 0 aliphatic carbocycles. The van der Waals surface area contributed by atoms with Gasteiger partial charge in [0.15, 0.2) is 5.17 Å². The monoisotopic (exact) mass is 367 g/mol. The molecule has 2 aromatic carbocycles. The van der Waals surface area contributed by atoms with E-state index >= 15 is 0 Å². The van der Waals surface area contributed by atoms with Crippen molar-refractivity contribution < 1.29 is 4.79 Å². The first-order valence-corrected chi connectivity index (χ1v) is 9.98. The fourth-order valence-electron chi connectivity index (χ4n) is 3.09. The van der Waals surface area contributed by atoms with Gasteiger partial charge in [-0.25, -0.2) is 4.99 Å². The molecule has 1 amide bonds. The summed E-state index contributed by atoms with van der Waals surface area (Å²) >= 11 is 1.51. The number of nitrogens with zero attached hydrogens (tertiary/aromatic N) is 2. The fraction of sp³-hybridized carbons (Fsp3) is 0.333. The molecule has 26 heavy (non-hydrogen) atoms. The maximum Gasteiger partial charge on any atom is 0.234 e. The van der Waals surface area contributed by atoms with Crippen LogP contribution >= 0.6 is 11.8 Å². The lowest BCUT2D eigenvalue weighted by atomic mass is 10.1. The lowest BCUT2D eigenvalue weighted by Gasteiger charge is -2.19. The highest BCUT2D eigenvalue weighted by atomic mass is 32.2. The van der Waals surface area contributed by atoms with Gasteiger partial charge in [0.2, 0.25) is 5.91 Å². The van der Waals surface area contributed by atoms with Gasteiger partial charge in [0.25, 0.3) is 0 Å². The molecule has 1 fully saturated rings. The van der Waals surface area contributed by atoms with Crippen molar-refractivity contribution >= 4 is 34.2 Å². The summed E-state index contributed by atoms with van der Waals surface area (Å²) in [5.74, 6) is 0.356. The molecule has 0 bridgehead atoms. The number of likely N-dealkylation sites (tertiary alicyclic amines) is 1. The summed E-state index contributed by atoms with van der Waals surface area (Å²) in [4.78, 5) is 19.5. The molecule has 0 atom stereocenters. The summed E-state index contributed by atoms with van der Waals surface area (Å²) < 4.78 is 0. The van der Waals surface area contributed by atoms with Crippen molar-refractivity contribution in [2.45, 2.75) is 26.7 Å². The van der Waals surface area contributed by atoms with Crippen molar-refractivity contribution in [2.75, 3.05) is 24.2 Å². The van der Waals surface area contributed by atoms with Crippen LogP contribution in [0.1, 0.15) is 24.0 Å². The van der Waals surface area contributed by atoms with Crippen LogP contribution in [0.2, 0.25) is 0 Å². The molecule has 1 saturated heterocycles. The number of amidine groups is 1. The lowest BCUT2D eigenvalue weighted by molar-refractivity contribution is -0.113. The van der Waals surface area contributed by atoms with Crippen molar-refractivity contribution in [3.63, 3.8) is 0 Å². The minimum atomic E-state index is -0.0000383. The highest BCUT2D eigenvalue weighted by Crippen LogP contribution is 2.21. The van der Waals surface area contributed by atoms with Gasteiger partial charge in [-0.3, -0.25) is 4.79 Å². The molecule has 0 unspecified atom stereocenters. The zero-order valence-electron chi connectivity index (χ0n) is 15.4. The first-order chi connectivity index (χ1) is 12.6. The number of amides is 1. The predicted molar refractivity (Wildman–Crippen MR) is 111 cm³/mol. The third-order valence-corrected chi connectivity index (χ3v) is 5.21. The summed E-state index contributed by atoms with van der Waals surface area (Å²) in [6.45, 7) is 6.10. The van der Waals surface area contributed by atoms with E-state index in [2.05, 4.69) is 16.3 Å². The van der Waals surface area contributed by atoms with Crippen LogP contribution in [0.15, 0.2) is 53.5 Å². The standard InChI is InChI=1S/C21H25N3OS/c1-16-12-17(2)14-19(13-16)22-20(25)15-26-21(24-10-6-7-11-24)23-18-8-4-3-5-9-18/h3-5,8-9,12-14H,6-7,10-11,15H2,1-2H3,(H,22,25). The van der Waals surface area contributed by atoms with Gasteiger partial charge in [-0.1, -0.05) is 36.0 Å². The van der Waals surface area contributed by atoms with Crippen molar-refractivity contribution in [1.29, 1.82) is 0 Å². The third-order valence-electron chi connectivity index (χ3n) is 4.20. The van der Waals surface area contributed by atoms with E-state index in [9.17, 15) is 4.79 Å². The molecular weight excluding hydrogens is 342 g/mol. The summed E-state index contributed by atoms with van der Waals surface area (Å²) in [6.07, 6.45) is 2.37. The molecule has 5 heteroatoms. The third kappa shape index (κ3) is 5.36. The van der Waals surface area contributed by atoms with E-state index in [-0.39, 0.29) is 5.91 Å². The van der Waals surface area contributed by atoms with Gasteiger partial charge < -0.3 is 10.2 Å². The zero-order valence-corrected chi connectivity index (χ0v) is 16.2. The quantitative estimate of drug-likeness (QED) is 0.626. The fourth-order valence-corrected chi connectivity index (χ4v) is 3.96. The summed E-state index contributed by atoms with van der Waals surface area (Å²) in [5.41, 5.74) is 4.08. The first-order valence-electron chi connectivity index (χ1n) is 9.00. The largest absolute Gasteiger partial charge is 0.351 e. The minimum Gasteiger partial charge on any atom is -0.351 e. The van der Waals surface area contributed by atoms with Gasteiger partial charge in [0, 0.05) is 18.8 Å². The maximum absolute atomic E-state index is 12.4. The highest BCUT2D eigenvalue weighted by Gasteiger charge is 2.18. The Kier molecular flexibility index (Phi) is 6.34. The molecule has 1 aliphatic heterocycles. The molecule has 0 spiro atoms. The number of benzene rings is 2. The van der Waals surface area contributed by atoms with E-state index in [0.717, 1.165) is 40.8 Å². The number of nitrogens with one attached hydrogen (secondary N) is 1. The molecule has 0 aromatic heterocycles. The Morgan fingerprint density at radius 3 is 2.38 bits per heavy atom. The second-order valence-electron chi connectivity index (χ2n) is 6.64. The zero-order chi connectivity index (χ0) is 18.4. The second kappa shape index (κ2) is 8.90. The van der Waals surface area contributed by atoms with Crippen molar-refractivity contribution in [3.05, 3.63) is 59.7 Å². The summed E-state index contributed by atoms with van der Waals surface area (Å²) in [7, 11) is 0. The van der Waals surface area contributed by atoms with Crippen LogP contribution in [0.3, 0.4) is 0 Å². The number of rotatable bonds is 4. The average Bonchev–Trinajstić information content (AvgIpc) is 3.13. The van der Waals surface area contributed by atoms with E-state index < -0.39 is 0 Å². The highest BCUT2D eigenvalue weighted by molar-refractivity contribution is 8.14. The smallest absolute Gasteiger partial charge is 0.234 e. The van der Waals surface area contributed by atoms with Crippen LogP contribution in [-0.2, 0) is 4.79 Å². The van der Waals surface area contributed by atoms with Gasteiger partial charge in [0.05, 0.1) is 11.4 Å². The number of thioether (sulfide) groups is 1. The van der Waals surface area contributed by atoms with E-state index in [1.54, 1.807) is 0 Å². The predicted octanol–water partition coefficient (Wildman–Crippen LogP) is 4.76. The van der Waals surface area contributed by atoms with E-state index in [1.807, 2.05) is 56.3 Å². The molecule has 1 N–H and O–H groups in total. The second-order valence-corrected chi connectivity index (χ2v) is 7.58. The van der Waals surface area contributed by atoms with Crippen molar-refractivity contribution in [2.24, 2.45) is 4.99 Å². The minimum absolute atomic E-state index is 0.0000383. The first kappa shape index (κ1) is 18.5. The number of carbonyl (C=O) groups is 1. The van der Waals surface area contributed by atoms with Crippen LogP contribution in [0.5, 0.6) is 0 Å². The average molecular weight is 368 g/mol. The Balaban J connectivity index is 1.65. The Hall–Kier alpha value is -2.27. The van der Waals surface area contributed by atoms with Crippen LogP contribution in [0.25, 0.3) is 0 Å². The van der Waals surface area contributed by atoms with Gasteiger partial charge >= 0.3 is 0 Å². The van der Waals surface area contributed by atoms with E-state index in [0.29, 0.717) is 5.75 Å². The van der Waals surface area contributed by atoms with Gasteiger partial charge in [-0.05, 0) is 62.1 Å². The molecule has 0 saturated carbocycles. The number of aryl methyl sites for hydroxylation is 2. The van der Waals surface area contributed by atoms with E-state index in [1.165, 1.54) is 24.6 Å². The van der Waals surface area contributed by atoms with Gasteiger partial charge in [-0.15, -0.1) is 0 Å². The van der Waals surface area contributed by atoms with Gasteiger partial charge in [-0.2, -0.15) is 0 Å². The molecule has 136 valence electrons. The maximum atomic E-state index is 12.4. The number of hydrogen-bond donors (Lipinski definition) is 1. The lowest BCUT2D eigenvalue weighted by Crippen LogP contribution is -2.27.